The maximum Gasteiger partial charge on any atom is 0.294 e. The van der Waals surface area contributed by atoms with Crippen molar-refractivity contribution in [2.45, 2.75) is 22.4 Å². The van der Waals surface area contributed by atoms with E-state index in [4.69, 9.17) is 0 Å². The van der Waals surface area contributed by atoms with Crippen LogP contribution in [0.3, 0.4) is 0 Å². The third-order valence-electron chi connectivity index (χ3n) is 2.16. The van der Waals surface area contributed by atoms with Gasteiger partial charge in [0.1, 0.15) is 10.5 Å². The SMILES string of the molecule is C[C@@H](O)c1cc([N+](=O)[O-])c(Sc2ncnn2C)s1. The number of aromatic nitrogens is 3. The van der Waals surface area contributed by atoms with Crippen LogP contribution in [-0.4, -0.2) is 24.8 Å². The Hall–Kier alpha value is -1.45. The Labute approximate surface area is 111 Å². The maximum atomic E-state index is 10.9. The van der Waals surface area contributed by atoms with Gasteiger partial charge >= 0.3 is 0 Å². The zero-order valence-corrected chi connectivity index (χ0v) is 11.2. The highest BCUT2D eigenvalue weighted by Crippen LogP contribution is 2.42. The van der Waals surface area contributed by atoms with Crippen LogP contribution < -0.4 is 0 Å². The summed E-state index contributed by atoms with van der Waals surface area (Å²) in [7, 11) is 1.71. The van der Waals surface area contributed by atoms with E-state index >= 15 is 0 Å². The molecule has 1 atom stereocenters. The van der Waals surface area contributed by atoms with Gasteiger partial charge in [0.25, 0.3) is 5.69 Å². The smallest absolute Gasteiger partial charge is 0.294 e. The molecule has 2 rings (SSSR count). The predicted octanol–water partition coefficient (Wildman–Crippen LogP) is 1.99. The normalized spacial score (nSPS) is 12.6. The molecule has 0 amide bonds. The van der Waals surface area contributed by atoms with Crippen LogP contribution in [0.15, 0.2) is 21.8 Å². The van der Waals surface area contributed by atoms with Gasteiger partial charge in [-0.05, 0) is 18.7 Å². The zero-order chi connectivity index (χ0) is 13.3. The molecule has 96 valence electrons. The summed E-state index contributed by atoms with van der Waals surface area (Å²) in [5, 5.41) is 24.9. The number of aliphatic hydroxyl groups is 1. The predicted molar refractivity (Wildman–Crippen MR) is 66.7 cm³/mol. The van der Waals surface area contributed by atoms with Gasteiger partial charge < -0.3 is 5.11 Å². The van der Waals surface area contributed by atoms with E-state index in [2.05, 4.69) is 10.1 Å². The van der Waals surface area contributed by atoms with Crippen LogP contribution >= 0.6 is 23.1 Å². The second-order valence-corrected chi connectivity index (χ2v) is 5.84. The van der Waals surface area contributed by atoms with Crippen molar-refractivity contribution >= 4 is 28.8 Å². The molecule has 0 aromatic carbocycles. The summed E-state index contributed by atoms with van der Waals surface area (Å²) in [6.07, 6.45) is 0.666. The highest BCUT2D eigenvalue weighted by molar-refractivity contribution is 8.01. The number of nitro groups is 1. The number of aryl methyl sites for hydroxylation is 1. The summed E-state index contributed by atoms with van der Waals surface area (Å²) in [5.41, 5.74) is -0.0103. The van der Waals surface area contributed by atoms with Gasteiger partial charge in [-0.25, -0.2) is 9.67 Å². The molecule has 2 aromatic rings. The van der Waals surface area contributed by atoms with Gasteiger partial charge in [0.2, 0.25) is 0 Å². The summed E-state index contributed by atoms with van der Waals surface area (Å²) in [5.74, 6) is 0. The molecule has 0 radical (unpaired) electrons. The highest BCUT2D eigenvalue weighted by atomic mass is 32.2. The average molecular weight is 286 g/mol. The zero-order valence-electron chi connectivity index (χ0n) is 9.60. The molecule has 7 nitrogen and oxygen atoms in total. The summed E-state index contributed by atoms with van der Waals surface area (Å²) in [4.78, 5) is 15.1. The lowest BCUT2D eigenvalue weighted by Gasteiger charge is -1.97. The van der Waals surface area contributed by atoms with Crippen molar-refractivity contribution in [3.05, 3.63) is 27.4 Å². The fraction of sp³-hybridized carbons (Fsp3) is 0.333. The molecule has 0 bridgehead atoms. The molecule has 0 aliphatic heterocycles. The Morgan fingerprint density at radius 1 is 1.67 bits per heavy atom. The van der Waals surface area contributed by atoms with Crippen molar-refractivity contribution in [3.8, 4) is 0 Å². The molecule has 0 saturated heterocycles. The monoisotopic (exact) mass is 286 g/mol. The topological polar surface area (TPSA) is 94.1 Å². The number of rotatable bonds is 4. The quantitative estimate of drug-likeness (QED) is 0.682. The van der Waals surface area contributed by atoms with Gasteiger partial charge in [-0.1, -0.05) is 0 Å². The summed E-state index contributed by atoms with van der Waals surface area (Å²) >= 11 is 2.36. The minimum absolute atomic E-state index is 0.0103. The number of hydrogen-bond acceptors (Lipinski definition) is 7. The van der Waals surface area contributed by atoms with E-state index in [0.29, 0.717) is 14.2 Å². The second kappa shape index (κ2) is 5.04. The fourth-order valence-corrected chi connectivity index (χ4v) is 3.40. The third kappa shape index (κ3) is 2.52. The molecular formula is C9H10N4O3S2. The molecule has 9 heteroatoms. The summed E-state index contributed by atoms with van der Waals surface area (Å²) < 4.78 is 2.03. The maximum absolute atomic E-state index is 10.9. The number of aliphatic hydroxyl groups excluding tert-OH is 1. The Morgan fingerprint density at radius 3 is 2.89 bits per heavy atom. The minimum Gasteiger partial charge on any atom is -0.388 e. The third-order valence-corrected chi connectivity index (χ3v) is 4.70. The first-order valence-electron chi connectivity index (χ1n) is 4.97. The van der Waals surface area contributed by atoms with Crippen LogP contribution in [-0.2, 0) is 7.05 Å². The number of nitrogens with zero attached hydrogens (tertiary/aromatic N) is 4. The molecule has 2 aromatic heterocycles. The van der Waals surface area contributed by atoms with Crippen LogP contribution in [0.4, 0.5) is 5.69 Å². The van der Waals surface area contributed by atoms with E-state index < -0.39 is 11.0 Å². The Morgan fingerprint density at radius 2 is 2.39 bits per heavy atom. The van der Waals surface area contributed by atoms with Crippen LogP contribution in [0.25, 0.3) is 0 Å². The van der Waals surface area contributed by atoms with Crippen LogP contribution in [0.2, 0.25) is 0 Å². The van der Waals surface area contributed by atoms with Crippen molar-refractivity contribution in [1.29, 1.82) is 0 Å². The van der Waals surface area contributed by atoms with Crippen LogP contribution in [0, 0.1) is 10.1 Å². The van der Waals surface area contributed by atoms with Gasteiger partial charge in [-0.3, -0.25) is 10.1 Å². The van der Waals surface area contributed by atoms with E-state index in [1.807, 2.05) is 0 Å². The van der Waals surface area contributed by atoms with E-state index in [1.165, 1.54) is 40.2 Å². The minimum atomic E-state index is -0.720. The van der Waals surface area contributed by atoms with E-state index in [-0.39, 0.29) is 5.69 Å². The summed E-state index contributed by atoms with van der Waals surface area (Å²) in [6, 6.07) is 1.40. The standard InChI is InChI=1S/C9H10N4O3S2/c1-5(14)7-3-6(13(15)16)8(17-7)18-9-10-4-11-12(9)2/h3-5,14H,1-2H3/t5-/m1/s1. The molecule has 0 aliphatic carbocycles. The lowest BCUT2D eigenvalue weighted by molar-refractivity contribution is -0.387. The van der Waals surface area contributed by atoms with Gasteiger partial charge in [0.15, 0.2) is 5.16 Å². The summed E-state index contributed by atoms with van der Waals surface area (Å²) in [6.45, 7) is 1.58. The van der Waals surface area contributed by atoms with Crippen molar-refractivity contribution in [3.63, 3.8) is 0 Å². The van der Waals surface area contributed by atoms with E-state index in [1.54, 1.807) is 14.0 Å². The van der Waals surface area contributed by atoms with Crippen molar-refractivity contribution in [1.82, 2.24) is 14.8 Å². The average Bonchev–Trinajstić information content (AvgIpc) is 2.87. The van der Waals surface area contributed by atoms with E-state index in [0.717, 1.165) is 0 Å². The lowest BCUT2D eigenvalue weighted by Crippen LogP contribution is -1.92. The molecule has 0 fully saturated rings. The van der Waals surface area contributed by atoms with Gasteiger partial charge in [0.05, 0.1) is 11.0 Å². The highest BCUT2D eigenvalue weighted by Gasteiger charge is 2.23. The first-order valence-corrected chi connectivity index (χ1v) is 6.60. The van der Waals surface area contributed by atoms with Crippen LogP contribution in [0.5, 0.6) is 0 Å². The first-order chi connectivity index (χ1) is 8.49. The molecule has 0 saturated carbocycles. The molecule has 2 heterocycles. The lowest BCUT2D eigenvalue weighted by atomic mass is 10.3. The number of thiophene rings is 1. The molecular weight excluding hydrogens is 276 g/mol. The van der Waals surface area contributed by atoms with E-state index in [9.17, 15) is 15.2 Å². The molecule has 0 aliphatic rings. The fourth-order valence-electron chi connectivity index (χ4n) is 1.25. The van der Waals surface area contributed by atoms with Crippen molar-refractivity contribution in [2.24, 2.45) is 7.05 Å². The first kappa shape index (κ1) is 13.0. The second-order valence-electron chi connectivity index (χ2n) is 3.52. The van der Waals surface area contributed by atoms with Crippen molar-refractivity contribution < 1.29 is 10.0 Å². The Kier molecular flexibility index (Phi) is 3.64. The molecule has 18 heavy (non-hydrogen) atoms. The van der Waals surface area contributed by atoms with Gasteiger partial charge in [-0.2, -0.15) is 5.10 Å². The number of hydrogen-bond donors (Lipinski definition) is 1. The molecule has 1 N–H and O–H groups in total. The van der Waals surface area contributed by atoms with Crippen LogP contribution in [0.1, 0.15) is 17.9 Å². The van der Waals surface area contributed by atoms with Gasteiger partial charge in [0, 0.05) is 18.0 Å². The molecule has 0 unspecified atom stereocenters. The Balaban J connectivity index is 2.37. The van der Waals surface area contributed by atoms with Crippen molar-refractivity contribution in [2.75, 3.05) is 0 Å². The largest absolute Gasteiger partial charge is 0.388 e. The Bertz CT molecular complexity index is 578. The molecule has 0 spiro atoms. The van der Waals surface area contributed by atoms with Gasteiger partial charge in [-0.15, -0.1) is 11.3 Å².